The molecule has 9 heteroatoms. The standard InChI is InChI=1S/C21H21N5O3S/c1-3-26-19-18(14(2)24-26)23-21(25(20(19)28)12-16-10-7-11-29-16)30-13-17(27)22-15-8-5-4-6-9-15/h4-11H,3,12-13H2,1-2H3,(H,22,27). The van der Waals surface area contributed by atoms with Crippen LogP contribution in [0.4, 0.5) is 5.69 Å². The van der Waals surface area contributed by atoms with Crippen molar-refractivity contribution in [3.05, 3.63) is 70.5 Å². The molecule has 154 valence electrons. The number of aryl methyl sites for hydroxylation is 2. The van der Waals surface area contributed by atoms with Gasteiger partial charge in [0, 0.05) is 12.2 Å². The van der Waals surface area contributed by atoms with Gasteiger partial charge < -0.3 is 9.73 Å². The van der Waals surface area contributed by atoms with Gasteiger partial charge in [-0.1, -0.05) is 30.0 Å². The molecule has 30 heavy (non-hydrogen) atoms. The SMILES string of the molecule is CCn1nc(C)c2nc(SCC(=O)Nc3ccccc3)n(Cc3ccco3)c(=O)c21. The van der Waals surface area contributed by atoms with Gasteiger partial charge >= 0.3 is 0 Å². The van der Waals surface area contributed by atoms with Crippen molar-refractivity contribution in [2.45, 2.75) is 32.1 Å². The van der Waals surface area contributed by atoms with E-state index in [1.807, 2.05) is 44.2 Å². The van der Waals surface area contributed by atoms with Crippen LogP contribution in [0.2, 0.25) is 0 Å². The maximum Gasteiger partial charge on any atom is 0.280 e. The summed E-state index contributed by atoms with van der Waals surface area (Å²) in [5.41, 5.74) is 2.22. The quantitative estimate of drug-likeness (QED) is 0.362. The predicted octanol–water partition coefficient (Wildman–Crippen LogP) is 3.29. The van der Waals surface area contributed by atoms with Crippen molar-refractivity contribution < 1.29 is 9.21 Å². The number of furan rings is 1. The van der Waals surface area contributed by atoms with Crippen LogP contribution in [0.3, 0.4) is 0 Å². The number of anilines is 1. The molecule has 1 N–H and O–H groups in total. The Morgan fingerprint density at radius 2 is 2.00 bits per heavy atom. The minimum absolute atomic E-state index is 0.117. The lowest BCUT2D eigenvalue weighted by molar-refractivity contribution is -0.113. The van der Waals surface area contributed by atoms with Crippen LogP contribution in [-0.4, -0.2) is 31.0 Å². The normalized spacial score (nSPS) is 11.1. The fourth-order valence-corrected chi connectivity index (χ4v) is 3.97. The Morgan fingerprint density at radius 1 is 1.20 bits per heavy atom. The van der Waals surface area contributed by atoms with E-state index in [4.69, 9.17) is 4.42 Å². The van der Waals surface area contributed by atoms with Gasteiger partial charge in [0.1, 0.15) is 11.3 Å². The molecule has 0 bridgehead atoms. The third-order valence-electron chi connectivity index (χ3n) is 4.57. The number of aromatic nitrogens is 4. The number of carbonyl (C=O) groups is 1. The Hall–Kier alpha value is -3.33. The van der Waals surface area contributed by atoms with Crippen LogP contribution in [0.15, 0.2) is 63.1 Å². The number of benzene rings is 1. The number of rotatable bonds is 7. The van der Waals surface area contributed by atoms with Crippen molar-refractivity contribution in [1.82, 2.24) is 19.3 Å². The van der Waals surface area contributed by atoms with Gasteiger partial charge in [-0.25, -0.2) is 4.98 Å². The highest BCUT2D eigenvalue weighted by Crippen LogP contribution is 2.21. The lowest BCUT2D eigenvalue weighted by Crippen LogP contribution is -2.26. The molecule has 0 atom stereocenters. The number of carbonyl (C=O) groups excluding carboxylic acids is 1. The maximum absolute atomic E-state index is 13.3. The number of amides is 1. The van der Waals surface area contributed by atoms with Crippen molar-refractivity contribution >= 4 is 34.4 Å². The molecule has 3 aromatic heterocycles. The number of nitrogens with zero attached hydrogens (tertiary/aromatic N) is 4. The molecule has 0 aliphatic heterocycles. The molecular formula is C21H21N5O3S. The summed E-state index contributed by atoms with van der Waals surface area (Å²) in [5, 5.41) is 7.72. The van der Waals surface area contributed by atoms with Crippen LogP contribution in [0, 0.1) is 6.92 Å². The second kappa shape index (κ2) is 8.58. The van der Waals surface area contributed by atoms with Gasteiger partial charge in [-0.3, -0.25) is 18.8 Å². The Morgan fingerprint density at radius 3 is 2.70 bits per heavy atom. The minimum atomic E-state index is -0.204. The van der Waals surface area contributed by atoms with Crippen LogP contribution in [0.1, 0.15) is 18.4 Å². The van der Waals surface area contributed by atoms with Gasteiger partial charge in [-0.15, -0.1) is 0 Å². The van der Waals surface area contributed by atoms with E-state index in [0.717, 1.165) is 5.69 Å². The molecule has 8 nitrogen and oxygen atoms in total. The smallest absolute Gasteiger partial charge is 0.280 e. The fraction of sp³-hybridized carbons (Fsp3) is 0.238. The molecule has 0 radical (unpaired) electrons. The summed E-state index contributed by atoms with van der Waals surface area (Å²) in [7, 11) is 0. The van der Waals surface area contributed by atoms with Crippen molar-refractivity contribution in [2.75, 3.05) is 11.1 Å². The van der Waals surface area contributed by atoms with E-state index >= 15 is 0 Å². The number of fused-ring (bicyclic) bond motifs is 1. The summed E-state index contributed by atoms with van der Waals surface area (Å²) in [6, 6.07) is 12.8. The summed E-state index contributed by atoms with van der Waals surface area (Å²) in [5.74, 6) is 0.575. The van der Waals surface area contributed by atoms with Crippen molar-refractivity contribution in [3.63, 3.8) is 0 Å². The molecule has 0 aliphatic rings. The van der Waals surface area contributed by atoms with E-state index in [1.165, 1.54) is 16.3 Å². The highest BCUT2D eigenvalue weighted by molar-refractivity contribution is 7.99. The number of hydrogen-bond acceptors (Lipinski definition) is 6. The van der Waals surface area contributed by atoms with Gasteiger partial charge in [-0.05, 0) is 38.1 Å². The fourth-order valence-electron chi connectivity index (χ4n) is 3.17. The van der Waals surface area contributed by atoms with E-state index < -0.39 is 0 Å². The predicted molar refractivity (Wildman–Crippen MR) is 116 cm³/mol. The molecule has 1 aromatic carbocycles. The molecule has 1 amide bonds. The Balaban J connectivity index is 1.67. The van der Waals surface area contributed by atoms with E-state index in [1.54, 1.807) is 23.1 Å². The van der Waals surface area contributed by atoms with Gasteiger partial charge in [0.15, 0.2) is 10.7 Å². The molecule has 4 aromatic rings. The number of thioether (sulfide) groups is 1. The average Bonchev–Trinajstić information content (AvgIpc) is 3.37. The molecule has 3 heterocycles. The zero-order chi connectivity index (χ0) is 21.1. The van der Waals surface area contributed by atoms with Gasteiger partial charge in [0.2, 0.25) is 5.91 Å². The highest BCUT2D eigenvalue weighted by Gasteiger charge is 2.19. The van der Waals surface area contributed by atoms with Crippen LogP contribution in [0.5, 0.6) is 0 Å². The molecule has 0 fully saturated rings. The van der Waals surface area contributed by atoms with E-state index in [9.17, 15) is 9.59 Å². The highest BCUT2D eigenvalue weighted by atomic mass is 32.2. The van der Waals surface area contributed by atoms with Crippen molar-refractivity contribution in [2.24, 2.45) is 0 Å². The minimum Gasteiger partial charge on any atom is -0.467 e. The second-order valence-electron chi connectivity index (χ2n) is 6.67. The molecular weight excluding hydrogens is 402 g/mol. The van der Waals surface area contributed by atoms with Gasteiger partial charge in [0.05, 0.1) is 24.3 Å². The van der Waals surface area contributed by atoms with Crippen LogP contribution >= 0.6 is 11.8 Å². The van der Waals surface area contributed by atoms with E-state index in [2.05, 4.69) is 15.4 Å². The first-order valence-electron chi connectivity index (χ1n) is 9.55. The second-order valence-corrected chi connectivity index (χ2v) is 7.61. The molecule has 0 unspecified atom stereocenters. The lowest BCUT2D eigenvalue weighted by Gasteiger charge is -2.11. The molecule has 0 aliphatic carbocycles. The third kappa shape index (κ3) is 4.02. The van der Waals surface area contributed by atoms with Crippen LogP contribution < -0.4 is 10.9 Å². The Bertz CT molecular complexity index is 1230. The first-order chi connectivity index (χ1) is 14.6. The monoisotopic (exact) mass is 423 g/mol. The summed E-state index contributed by atoms with van der Waals surface area (Å²) in [6.07, 6.45) is 1.56. The number of hydrogen-bond donors (Lipinski definition) is 1. The first kappa shape index (κ1) is 20.0. The largest absolute Gasteiger partial charge is 0.467 e. The first-order valence-corrected chi connectivity index (χ1v) is 10.5. The number of para-hydroxylation sites is 1. The molecule has 0 spiro atoms. The van der Waals surface area contributed by atoms with Gasteiger partial charge in [0.25, 0.3) is 5.56 Å². The third-order valence-corrected chi connectivity index (χ3v) is 5.54. The lowest BCUT2D eigenvalue weighted by atomic mass is 10.3. The Labute approximate surface area is 176 Å². The Kier molecular flexibility index (Phi) is 5.71. The summed E-state index contributed by atoms with van der Waals surface area (Å²) in [4.78, 5) is 30.4. The maximum atomic E-state index is 13.3. The van der Waals surface area contributed by atoms with E-state index in [-0.39, 0.29) is 23.8 Å². The molecule has 0 saturated carbocycles. The van der Waals surface area contributed by atoms with E-state index in [0.29, 0.717) is 34.2 Å². The molecule has 4 rings (SSSR count). The van der Waals surface area contributed by atoms with Crippen LogP contribution in [0.25, 0.3) is 11.0 Å². The summed E-state index contributed by atoms with van der Waals surface area (Å²) < 4.78 is 8.63. The van der Waals surface area contributed by atoms with Gasteiger partial charge in [-0.2, -0.15) is 5.10 Å². The van der Waals surface area contributed by atoms with Crippen molar-refractivity contribution in [1.29, 1.82) is 0 Å². The average molecular weight is 423 g/mol. The zero-order valence-corrected chi connectivity index (χ0v) is 17.5. The molecule has 0 saturated heterocycles. The number of nitrogens with one attached hydrogen (secondary N) is 1. The summed E-state index contributed by atoms with van der Waals surface area (Å²) >= 11 is 1.21. The summed E-state index contributed by atoms with van der Waals surface area (Å²) in [6.45, 7) is 4.55. The van der Waals surface area contributed by atoms with Crippen LogP contribution in [-0.2, 0) is 17.9 Å². The topological polar surface area (TPSA) is 95.0 Å². The zero-order valence-electron chi connectivity index (χ0n) is 16.7. The van der Waals surface area contributed by atoms with Crippen molar-refractivity contribution in [3.8, 4) is 0 Å².